The first-order chi connectivity index (χ1) is 43.1. The number of anilines is 4. The highest BCUT2D eigenvalue weighted by Gasteiger charge is 2.33. The first kappa shape index (κ1) is 57.5. The van der Waals surface area contributed by atoms with Gasteiger partial charge in [0.05, 0.1) is 85.1 Å². The monoisotopic (exact) mass is 1190 g/mol. The smallest absolute Gasteiger partial charge is 0.253 e. The number of nitrogens with one attached hydrogen (secondary N) is 6. The number of aromatic nitrogens is 4. The molecule has 0 radical (unpaired) electrons. The van der Waals surface area contributed by atoms with E-state index in [-0.39, 0.29) is 23.6 Å². The highest BCUT2D eigenvalue weighted by molar-refractivity contribution is 6.12. The van der Waals surface area contributed by atoms with Crippen molar-refractivity contribution in [3.8, 4) is 67.5 Å². The zero-order chi connectivity index (χ0) is 60.4. The maximum Gasteiger partial charge on any atom is 0.253 e. The molecule has 88 heavy (non-hydrogen) atoms. The van der Waals surface area contributed by atoms with E-state index >= 15 is 0 Å². The molecule has 4 fully saturated rings. The van der Waals surface area contributed by atoms with Crippen molar-refractivity contribution in [3.05, 3.63) is 120 Å². The van der Waals surface area contributed by atoms with Gasteiger partial charge in [-0.25, -0.2) is 9.97 Å². The predicted octanol–water partition coefficient (Wildman–Crippen LogP) is 11.8. The number of fused-ring (bicyclic) bond motifs is 8. The molecule has 4 aromatic carbocycles. The van der Waals surface area contributed by atoms with Gasteiger partial charge in [-0.1, -0.05) is 24.3 Å². The van der Waals surface area contributed by atoms with E-state index in [0.717, 1.165) is 25.7 Å². The van der Waals surface area contributed by atoms with Crippen molar-refractivity contribution >= 4 is 92.7 Å². The Hall–Kier alpha value is -9.60. The summed E-state index contributed by atoms with van der Waals surface area (Å²) in [7, 11) is 6.36. The van der Waals surface area contributed by atoms with E-state index in [1.807, 2.05) is 85.0 Å². The quantitative estimate of drug-likeness (QED) is 0.0527. The first-order valence-electron chi connectivity index (χ1n) is 29.7. The topological polar surface area (TPSA) is 248 Å². The summed E-state index contributed by atoms with van der Waals surface area (Å²) in [6.45, 7) is 1.82. The van der Waals surface area contributed by atoms with Gasteiger partial charge in [0, 0.05) is 81.9 Å². The summed E-state index contributed by atoms with van der Waals surface area (Å²) in [5.41, 5.74) is 9.78. The molecule has 4 atom stereocenters. The number of rotatable bonds is 16. The zero-order valence-electron chi connectivity index (χ0n) is 49.1. The maximum absolute atomic E-state index is 14.3. The molecular weight excluding hydrogens is 1120 g/mol. The van der Waals surface area contributed by atoms with Crippen molar-refractivity contribution in [2.24, 2.45) is 0 Å². The summed E-state index contributed by atoms with van der Waals surface area (Å²) < 4.78 is 48.3. The lowest BCUT2D eigenvalue weighted by Crippen LogP contribution is -2.28. The molecule has 3 aromatic heterocycles. The van der Waals surface area contributed by atoms with E-state index in [1.165, 1.54) is 0 Å². The third-order valence-electron chi connectivity index (χ3n) is 16.7. The fourth-order valence-corrected chi connectivity index (χ4v) is 12.5. The van der Waals surface area contributed by atoms with Crippen molar-refractivity contribution in [2.75, 3.05) is 76.1 Å². The fourth-order valence-electron chi connectivity index (χ4n) is 12.5. The number of hydrogen-bond donors (Lipinski definition) is 6. The third kappa shape index (κ3) is 11.0. The molecule has 4 saturated heterocycles. The molecule has 7 aromatic rings. The summed E-state index contributed by atoms with van der Waals surface area (Å²) in [5, 5.41) is 12.8. The maximum atomic E-state index is 14.3. The van der Waals surface area contributed by atoms with E-state index in [4.69, 9.17) is 47.9 Å². The van der Waals surface area contributed by atoms with Gasteiger partial charge in [-0.3, -0.25) is 19.2 Å². The van der Waals surface area contributed by atoms with Crippen LogP contribution in [0, 0.1) is 0 Å². The van der Waals surface area contributed by atoms with Crippen molar-refractivity contribution < 1.29 is 57.1 Å². The Morgan fingerprint density at radius 2 is 0.614 bits per heavy atom. The molecule has 0 unspecified atom stereocenters. The lowest BCUT2D eigenvalue weighted by Gasteiger charge is -2.20. The summed E-state index contributed by atoms with van der Waals surface area (Å²) >= 11 is 0. The van der Waals surface area contributed by atoms with Crippen molar-refractivity contribution in [2.45, 2.75) is 75.8 Å². The Morgan fingerprint density at radius 1 is 0.364 bits per heavy atom. The van der Waals surface area contributed by atoms with Gasteiger partial charge in [0.25, 0.3) is 23.6 Å². The molecule has 13 rings (SSSR count). The summed E-state index contributed by atoms with van der Waals surface area (Å²) in [6.07, 6.45) is 9.92. The molecule has 6 aliphatic heterocycles. The number of ether oxygens (including phenoxy) is 8. The summed E-state index contributed by atoms with van der Waals surface area (Å²) in [5.74, 6) is 0.574. The van der Waals surface area contributed by atoms with Gasteiger partial charge in [0.1, 0.15) is 47.4 Å². The molecule has 0 spiro atoms. The lowest BCUT2D eigenvalue weighted by atomic mass is 9.98. The largest absolute Gasteiger partial charge is 0.496 e. The Labute approximate surface area is 507 Å². The average Bonchev–Trinajstić information content (AvgIpc) is 1.90. The van der Waals surface area contributed by atoms with Gasteiger partial charge >= 0.3 is 0 Å². The minimum atomic E-state index is -0.692. The second-order valence-corrected chi connectivity index (χ2v) is 22.0. The van der Waals surface area contributed by atoms with Gasteiger partial charge in [-0.2, -0.15) is 0 Å². The van der Waals surface area contributed by atoms with E-state index < -0.39 is 24.4 Å². The zero-order valence-corrected chi connectivity index (χ0v) is 49.1. The van der Waals surface area contributed by atoms with Crippen LogP contribution in [0.15, 0.2) is 97.1 Å². The predicted molar refractivity (Wildman–Crippen MR) is 337 cm³/mol. The number of carbonyl (C=O) groups is 4. The Balaban J connectivity index is 1.18. The molecule has 20 heteroatoms. The van der Waals surface area contributed by atoms with Crippen molar-refractivity contribution in [1.29, 1.82) is 0 Å². The van der Waals surface area contributed by atoms with Gasteiger partial charge in [0.15, 0.2) is 0 Å². The van der Waals surface area contributed by atoms with E-state index in [2.05, 4.69) is 31.2 Å². The van der Waals surface area contributed by atoms with Crippen LogP contribution in [0.25, 0.3) is 90.9 Å². The van der Waals surface area contributed by atoms with Crippen LogP contribution < -0.4 is 40.2 Å². The third-order valence-corrected chi connectivity index (χ3v) is 16.7. The van der Waals surface area contributed by atoms with Crippen LogP contribution in [0.4, 0.5) is 22.7 Å². The van der Waals surface area contributed by atoms with Gasteiger partial charge in [-0.15, -0.1) is 0 Å². The van der Waals surface area contributed by atoms with Gasteiger partial charge in [0.2, 0.25) is 0 Å². The van der Waals surface area contributed by atoms with Gasteiger partial charge in [-0.05, 0) is 148 Å². The highest BCUT2D eigenvalue weighted by atomic mass is 16.5. The molecular formula is C68H66N8O12. The number of nitrogens with zero attached hydrogens (tertiary/aromatic N) is 2. The highest BCUT2D eigenvalue weighted by Crippen LogP contribution is 2.49. The average molecular weight is 1190 g/mol. The summed E-state index contributed by atoms with van der Waals surface area (Å²) in [6, 6.07) is 29.5. The first-order valence-corrected chi connectivity index (χ1v) is 29.7. The molecule has 0 saturated carbocycles. The summed E-state index contributed by atoms with van der Waals surface area (Å²) in [4.78, 5) is 75.9. The second-order valence-electron chi connectivity index (χ2n) is 22.0. The van der Waals surface area contributed by atoms with Crippen LogP contribution in [0.5, 0.6) is 23.0 Å². The number of aromatic amines is 2. The number of H-pyrrole nitrogens is 2. The number of benzene rings is 4. The van der Waals surface area contributed by atoms with Crippen LogP contribution in [0.3, 0.4) is 0 Å². The van der Waals surface area contributed by atoms with Gasteiger partial charge < -0.3 is 69.1 Å². The minimum Gasteiger partial charge on any atom is -0.496 e. The number of methoxy groups -OCH3 is 4. The van der Waals surface area contributed by atoms with Crippen LogP contribution in [0.2, 0.25) is 0 Å². The number of hydrogen-bond acceptors (Lipinski definition) is 14. The molecule has 0 aliphatic carbocycles. The molecule has 6 N–H and O–H groups in total. The van der Waals surface area contributed by atoms with E-state index in [9.17, 15) is 19.2 Å². The molecule has 8 bridgehead atoms. The van der Waals surface area contributed by atoms with Crippen molar-refractivity contribution in [1.82, 2.24) is 19.9 Å². The van der Waals surface area contributed by atoms with Crippen LogP contribution in [0.1, 0.15) is 74.1 Å². The van der Waals surface area contributed by atoms with Crippen LogP contribution >= 0.6 is 0 Å². The molecule has 450 valence electrons. The molecule has 9 heterocycles. The minimum absolute atomic E-state index is 0.335. The lowest BCUT2D eigenvalue weighted by molar-refractivity contribution is -0.125. The molecule has 20 nitrogen and oxygen atoms in total. The Bertz CT molecular complexity index is 3740. The number of carbonyl (C=O) groups excluding carboxylic acids is 4. The second kappa shape index (κ2) is 25.0. The fraction of sp³-hybridized carbons (Fsp3) is 0.294. The number of amides is 4. The normalized spacial score (nSPS) is 18.5. The molecule has 6 aliphatic rings. The van der Waals surface area contributed by atoms with Crippen molar-refractivity contribution in [3.63, 3.8) is 0 Å². The Kier molecular flexibility index (Phi) is 16.3. The molecule has 4 amide bonds. The van der Waals surface area contributed by atoms with Crippen LogP contribution in [-0.4, -0.2) is 123 Å². The SMILES string of the molecule is COc1cccc(OC)c1-c1c2nc(c(-c3c(NC(=O)[C@H]4CCCO4)cccc3NC(=O)[C@H]3CCCO3)c3ccc([nH]3)c(-c3c(OC)cccc3OC)c3nc(c(-c4c(NC(=O)[C@H]5CCCO5)cccc4NC(=O)[C@H]4CCCO4)c4ccc1[nH]4)C=C3)C=C2. The standard InChI is InChI=1S/C68H66N8O12/c1-81-49-17-7-18-50(82-2)63(49)61-45-29-25-41(69-45)59(57-37(73-65(77)53-21-9-33-85-53)13-5-14-38(57)74-66(78)54-22-10-34-86-54)43-27-31-47(71-43)62(64-51(83-3)19-8-20-52(64)84-4)48-32-28-44(72-48)60(42-26-30-46(61)70-42)58-39(75-67(79)55-23-11-35-87-55)15-6-16-40(58)76-68(80)56-24-12-36-88-56/h5-8,13-20,25-32,53-56,69,72H,9-12,21-24,33-36H2,1-4H3,(H,73,77)(H,74,78)(H,75,79)(H,76,80)/t53-,54-,55-,56-/m1/s1. The Morgan fingerprint density at radius 3 is 0.852 bits per heavy atom. The van der Waals surface area contributed by atoms with Crippen LogP contribution in [-0.2, 0) is 38.1 Å². The van der Waals surface area contributed by atoms with E-state index in [1.54, 1.807) is 64.8 Å². The van der Waals surface area contributed by atoms with E-state index in [0.29, 0.717) is 187 Å².